The second-order valence-corrected chi connectivity index (χ2v) is 5.94. The van der Waals surface area contributed by atoms with Gasteiger partial charge in [-0.1, -0.05) is 0 Å². The molecule has 1 unspecified atom stereocenters. The zero-order chi connectivity index (χ0) is 16.3. The Labute approximate surface area is 127 Å². The van der Waals surface area contributed by atoms with E-state index in [0.29, 0.717) is 19.5 Å². The van der Waals surface area contributed by atoms with Gasteiger partial charge >= 0.3 is 6.18 Å². The molecule has 2 saturated heterocycles. The molecule has 0 bridgehead atoms. The number of alkyl halides is 3. The molecular weight excluding hydrogens is 301 g/mol. The van der Waals surface area contributed by atoms with Crippen LogP contribution in [0.1, 0.15) is 32.1 Å². The highest BCUT2D eigenvalue weighted by atomic mass is 19.4. The fraction of sp³-hybridized carbons (Fsp3) is 0.857. The Morgan fingerprint density at radius 3 is 2.41 bits per heavy atom. The van der Waals surface area contributed by atoms with Crippen LogP contribution in [0, 0.1) is 5.92 Å². The minimum atomic E-state index is -4.60. The van der Waals surface area contributed by atoms with E-state index in [1.54, 1.807) is 4.90 Å². The first-order chi connectivity index (χ1) is 10.3. The zero-order valence-corrected chi connectivity index (χ0v) is 12.3. The Bertz CT molecular complexity index is 420. The van der Waals surface area contributed by atoms with Crippen molar-refractivity contribution in [3.05, 3.63) is 0 Å². The molecule has 22 heavy (non-hydrogen) atoms. The highest BCUT2D eigenvalue weighted by Crippen LogP contribution is 2.31. The van der Waals surface area contributed by atoms with Gasteiger partial charge in [-0.15, -0.1) is 0 Å². The van der Waals surface area contributed by atoms with Gasteiger partial charge in [0.25, 0.3) is 0 Å². The van der Waals surface area contributed by atoms with Crippen LogP contribution in [0.15, 0.2) is 0 Å². The van der Waals surface area contributed by atoms with E-state index >= 15 is 0 Å². The maximum absolute atomic E-state index is 12.5. The average Bonchev–Trinajstić information content (AvgIpc) is 2.88. The lowest BCUT2D eigenvalue weighted by atomic mass is 9.91. The molecule has 2 aliphatic rings. The summed E-state index contributed by atoms with van der Waals surface area (Å²) in [6, 6.07) is 0. The molecule has 8 heteroatoms. The number of carbonyl (C=O) groups is 2. The molecule has 0 saturated carbocycles. The number of likely N-dealkylation sites (tertiary alicyclic amines) is 2. The molecule has 1 atom stereocenters. The summed E-state index contributed by atoms with van der Waals surface area (Å²) in [5.74, 6) is -0.927. The third kappa shape index (κ3) is 4.12. The zero-order valence-electron chi connectivity index (χ0n) is 12.3. The van der Waals surface area contributed by atoms with Crippen molar-refractivity contribution in [2.45, 2.75) is 44.4 Å². The summed E-state index contributed by atoms with van der Waals surface area (Å²) in [7, 11) is 0. The summed E-state index contributed by atoms with van der Waals surface area (Å²) in [4.78, 5) is 26.7. The summed E-state index contributed by atoms with van der Waals surface area (Å²) in [6.45, 7) is 1.50. The van der Waals surface area contributed by atoms with Crippen molar-refractivity contribution in [3.63, 3.8) is 0 Å². The Morgan fingerprint density at radius 1 is 1.27 bits per heavy atom. The van der Waals surface area contributed by atoms with Crippen LogP contribution in [0.3, 0.4) is 0 Å². The predicted molar refractivity (Wildman–Crippen MR) is 71.8 cm³/mol. The maximum atomic E-state index is 12.5. The molecule has 2 fully saturated rings. The van der Waals surface area contributed by atoms with Crippen molar-refractivity contribution >= 4 is 11.8 Å². The fourth-order valence-electron chi connectivity index (χ4n) is 3.06. The van der Waals surface area contributed by atoms with Crippen LogP contribution >= 0.6 is 0 Å². The Morgan fingerprint density at radius 2 is 1.91 bits per heavy atom. The summed E-state index contributed by atoms with van der Waals surface area (Å²) in [5, 5.41) is 9.24. The van der Waals surface area contributed by atoms with Crippen LogP contribution in [0.5, 0.6) is 0 Å². The lowest BCUT2D eigenvalue weighted by molar-refractivity contribution is -0.222. The minimum absolute atomic E-state index is 0.0554. The second-order valence-electron chi connectivity index (χ2n) is 5.94. The van der Waals surface area contributed by atoms with Gasteiger partial charge in [-0.3, -0.25) is 9.59 Å². The van der Waals surface area contributed by atoms with E-state index in [-0.39, 0.29) is 44.2 Å². The molecule has 1 N–H and O–H groups in total. The predicted octanol–water partition coefficient (Wildman–Crippen LogP) is 1.16. The van der Waals surface area contributed by atoms with Crippen molar-refractivity contribution in [2.75, 3.05) is 26.2 Å². The number of aliphatic hydroxyl groups excluding tert-OH is 1. The normalized spacial score (nSPS) is 22.3. The standard InChI is InChI=1S/C14H21F3N2O3/c15-14(16,17)13(22)10-3-7-19(8-4-10)12(21)5-9-18-6-1-2-11(18)20/h10,13,22H,1-9H2. The maximum Gasteiger partial charge on any atom is 0.414 e. The first-order valence-corrected chi connectivity index (χ1v) is 7.59. The molecule has 0 aliphatic carbocycles. The van der Waals surface area contributed by atoms with Gasteiger partial charge in [0.1, 0.15) is 0 Å². The Kier molecular flexibility index (Phi) is 5.31. The van der Waals surface area contributed by atoms with Crippen LogP contribution < -0.4 is 0 Å². The van der Waals surface area contributed by atoms with Gasteiger partial charge in [0.15, 0.2) is 6.10 Å². The number of carbonyl (C=O) groups excluding carboxylic acids is 2. The molecule has 2 amide bonds. The molecule has 126 valence electrons. The number of amides is 2. The lowest BCUT2D eigenvalue weighted by Gasteiger charge is -2.35. The number of aliphatic hydroxyl groups is 1. The van der Waals surface area contributed by atoms with Gasteiger partial charge in [0.2, 0.25) is 11.8 Å². The van der Waals surface area contributed by atoms with E-state index in [4.69, 9.17) is 0 Å². The van der Waals surface area contributed by atoms with E-state index in [1.165, 1.54) is 4.90 Å². The highest BCUT2D eigenvalue weighted by molar-refractivity contribution is 5.80. The molecule has 0 aromatic carbocycles. The molecule has 0 spiro atoms. The van der Waals surface area contributed by atoms with Gasteiger partial charge in [0, 0.05) is 39.0 Å². The molecule has 0 radical (unpaired) electrons. The number of nitrogens with zero attached hydrogens (tertiary/aromatic N) is 2. The van der Waals surface area contributed by atoms with Crippen molar-refractivity contribution in [1.29, 1.82) is 0 Å². The summed E-state index contributed by atoms with van der Waals surface area (Å²) in [5.41, 5.74) is 0. The second kappa shape index (κ2) is 6.85. The van der Waals surface area contributed by atoms with E-state index in [2.05, 4.69) is 0 Å². The van der Waals surface area contributed by atoms with Gasteiger partial charge in [-0.05, 0) is 25.2 Å². The summed E-state index contributed by atoms with van der Waals surface area (Å²) < 4.78 is 37.4. The number of rotatable bonds is 4. The molecule has 2 heterocycles. The topological polar surface area (TPSA) is 60.9 Å². The minimum Gasteiger partial charge on any atom is -0.383 e. The molecular formula is C14H21F3N2O3. The Hall–Kier alpha value is -1.31. The van der Waals surface area contributed by atoms with Crippen molar-refractivity contribution in [1.82, 2.24) is 9.80 Å². The van der Waals surface area contributed by atoms with Gasteiger partial charge in [-0.25, -0.2) is 0 Å². The fourth-order valence-corrected chi connectivity index (χ4v) is 3.06. The smallest absolute Gasteiger partial charge is 0.383 e. The van der Waals surface area contributed by atoms with Crippen LogP contribution in [0.25, 0.3) is 0 Å². The highest BCUT2D eigenvalue weighted by Gasteiger charge is 2.44. The van der Waals surface area contributed by atoms with Crippen molar-refractivity contribution < 1.29 is 27.9 Å². The van der Waals surface area contributed by atoms with E-state index in [9.17, 15) is 27.9 Å². The van der Waals surface area contributed by atoms with Crippen molar-refractivity contribution in [2.24, 2.45) is 5.92 Å². The molecule has 5 nitrogen and oxygen atoms in total. The van der Waals surface area contributed by atoms with E-state index < -0.39 is 18.2 Å². The SMILES string of the molecule is O=C1CCCN1CCC(=O)N1CCC(C(O)C(F)(F)F)CC1. The third-order valence-corrected chi connectivity index (χ3v) is 4.44. The van der Waals surface area contributed by atoms with E-state index in [0.717, 1.165) is 6.42 Å². The van der Waals surface area contributed by atoms with Gasteiger partial charge in [-0.2, -0.15) is 13.2 Å². The van der Waals surface area contributed by atoms with Crippen LogP contribution in [-0.2, 0) is 9.59 Å². The van der Waals surface area contributed by atoms with Gasteiger partial charge < -0.3 is 14.9 Å². The lowest BCUT2D eigenvalue weighted by Crippen LogP contribution is -2.45. The Balaban J connectivity index is 1.74. The number of hydrogen-bond acceptors (Lipinski definition) is 3. The molecule has 2 rings (SSSR count). The van der Waals surface area contributed by atoms with Crippen LogP contribution in [0.4, 0.5) is 13.2 Å². The molecule has 0 aromatic rings. The number of hydrogen-bond donors (Lipinski definition) is 1. The number of piperidine rings is 1. The van der Waals surface area contributed by atoms with Crippen molar-refractivity contribution in [3.8, 4) is 0 Å². The van der Waals surface area contributed by atoms with Crippen LogP contribution in [-0.4, -0.2) is 65.2 Å². The summed E-state index contributed by atoms with van der Waals surface area (Å²) >= 11 is 0. The monoisotopic (exact) mass is 322 g/mol. The van der Waals surface area contributed by atoms with Crippen LogP contribution in [0.2, 0.25) is 0 Å². The van der Waals surface area contributed by atoms with E-state index in [1.807, 2.05) is 0 Å². The number of halogens is 3. The summed E-state index contributed by atoms with van der Waals surface area (Å²) in [6.07, 6.45) is -5.08. The van der Waals surface area contributed by atoms with Gasteiger partial charge in [0.05, 0.1) is 0 Å². The molecule has 2 aliphatic heterocycles. The quantitative estimate of drug-likeness (QED) is 0.845. The first kappa shape index (κ1) is 17.1. The third-order valence-electron chi connectivity index (χ3n) is 4.44. The average molecular weight is 322 g/mol. The largest absolute Gasteiger partial charge is 0.414 e. The first-order valence-electron chi connectivity index (χ1n) is 7.59. The molecule has 0 aromatic heterocycles.